The third-order valence-corrected chi connectivity index (χ3v) is 7.38. The number of fused-ring (bicyclic) bond motifs is 1. The molecule has 2 heterocycles. The van der Waals surface area contributed by atoms with Crippen LogP contribution in [0.4, 0.5) is 5.69 Å². The van der Waals surface area contributed by atoms with Gasteiger partial charge in [-0.05, 0) is 47.0 Å². The minimum absolute atomic E-state index is 0.125. The van der Waals surface area contributed by atoms with Crippen LogP contribution in [0.15, 0.2) is 114 Å². The molecule has 0 amide bonds. The first-order valence-electron chi connectivity index (χ1n) is 11.8. The van der Waals surface area contributed by atoms with E-state index >= 15 is 0 Å². The van der Waals surface area contributed by atoms with Crippen LogP contribution >= 0.6 is 11.3 Å². The molecule has 5 heteroatoms. The molecule has 0 saturated carbocycles. The number of hydrazone groups is 1. The van der Waals surface area contributed by atoms with Crippen molar-refractivity contribution in [1.82, 2.24) is 4.98 Å². The van der Waals surface area contributed by atoms with Crippen molar-refractivity contribution in [3.05, 3.63) is 131 Å². The van der Waals surface area contributed by atoms with Crippen LogP contribution in [-0.2, 0) is 0 Å². The number of para-hydroxylation sites is 1. The number of anilines is 1. The number of hydrogen-bond donors (Lipinski definition) is 0. The smallest absolute Gasteiger partial charge is 0.135 e. The van der Waals surface area contributed by atoms with Gasteiger partial charge in [0.2, 0.25) is 0 Å². The largest absolute Gasteiger partial charge is 0.257 e. The summed E-state index contributed by atoms with van der Waals surface area (Å²) in [6.45, 7) is 0. The Hall–Kier alpha value is -4.53. The van der Waals surface area contributed by atoms with Crippen molar-refractivity contribution in [3.63, 3.8) is 0 Å². The topological polar surface area (TPSA) is 52.3 Å². The highest BCUT2D eigenvalue weighted by Crippen LogP contribution is 2.37. The summed E-state index contributed by atoms with van der Waals surface area (Å²) < 4.78 is 1.08. The van der Waals surface area contributed by atoms with Crippen molar-refractivity contribution in [2.24, 2.45) is 5.10 Å². The van der Waals surface area contributed by atoms with E-state index in [1.54, 1.807) is 11.3 Å². The van der Waals surface area contributed by atoms with E-state index in [2.05, 4.69) is 76.7 Å². The van der Waals surface area contributed by atoms with E-state index in [1.807, 2.05) is 54.6 Å². The molecule has 0 bridgehead atoms. The number of benzene rings is 4. The molecule has 1 aliphatic heterocycles. The van der Waals surface area contributed by atoms with Crippen molar-refractivity contribution < 1.29 is 0 Å². The first kappa shape index (κ1) is 22.0. The number of rotatable bonds is 5. The molecular weight excluding hydrogens is 460 g/mol. The van der Waals surface area contributed by atoms with Crippen LogP contribution in [-0.4, -0.2) is 10.7 Å². The van der Waals surface area contributed by atoms with Crippen LogP contribution in [0.5, 0.6) is 0 Å². The minimum atomic E-state index is 0.125. The summed E-state index contributed by atoms with van der Waals surface area (Å²) in [6.07, 6.45) is 2.74. The van der Waals surface area contributed by atoms with Crippen LogP contribution in [0.3, 0.4) is 0 Å². The Kier molecular flexibility index (Phi) is 5.87. The first-order valence-corrected chi connectivity index (χ1v) is 12.6. The quantitative estimate of drug-likeness (QED) is 0.241. The standard InChI is InChI=1S/C31H22N4S/c32-21-25(31-33-27-13-7-8-14-30(27)36-31)19-22-15-17-26(18-16-22)35-29(24-11-5-2-6-12-24)20-28(34-35)23-9-3-1-4-10-23/h1-19,29H,20H2/b25-19+. The monoisotopic (exact) mass is 482 g/mol. The van der Waals surface area contributed by atoms with Gasteiger partial charge >= 0.3 is 0 Å². The lowest BCUT2D eigenvalue weighted by Crippen LogP contribution is -2.18. The average molecular weight is 483 g/mol. The summed E-state index contributed by atoms with van der Waals surface area (Å²) >= 11 is 1.54. The molecule has 6 rings (SSSR count). The zero-order chi connectivity index (χ0) is 24.3. The van der Waals surface area contributed by atoms with Crippen molar-refractivity contribution in [3.8, 4) is 6.07 Å². The molecule has 4 aromatic carbocycles. The fourth-order valence-corrected chi connectivity index (χ4v) is 5.44. The fraction of sp³-hybridized carbons (Fsp3) is 0.0645. The maximum Gasteiger partial charge on any atom is 0.135 e. The molecule has 172 valence electrons. The predicted molar refractivity (Wildman–Crippen MR) is 149 cm³/mol. The number of thiazole rings is 1. The Morgan fingerprint density at radius 1 is 0.861 bits per heavy atom. The summed E-state index contributed by atoms with van der Waals surface area (Å²) in [4.78, 5) is 4.64. The Morgan fingerprint density at radius 2 is 1.56 bits per heavy atom. The van der Waals surface area contributed by atoms with E-state index < -0.39 is 0 Å². The van der Waals surface area contributed by atoms with E-state index in [0.29, 0.717) is 5.57 Å². The van der Waals surface area contributed by atoms with Gasteiger partial charge in [0.25, 0.3) is 0 Å². The van der Waals surface area contributed by atoms with Crippen molar-refractivity contribution in [1.29, 1.82) is 5.26 Å². The molecule has 0 aliphatic carbocycles. The molecule has 0 saturated heterocycles. The third kappa shape index (κ3) is 4.31. The molecule has 0 fully saturated rings. The molecule has 1 aliphatic rings. The first-order chi connectivity index (χ1) is 17.8. The SMILES string of the molecule is N#C/C(=C\c1ccc(N2N=C(c3ccccc3)CC2c2ccccc2)cc1)c1nc2ccccc2s1. The number of aromatic nitrogens is 1. The van der Waals surface area contributed by atoms with E-state index in [1.165, 1.54) is 5.56 Å². The normalized spacial score (nSPS) is 15.6. The molecule has 0 N–H and O–H groups in total. The fourth-order valence-electron chi connectivity index (χ4n) is 4.51. The number of nitriles is 1. The molecule has 1 unspecified atom stereocenters. The van der Waals surface area contributed by atoms with Crippen LogP contribution < -0.4 is 5.01 Å². The molecule has 0 radical (unpaired) electrons. The van der Waals surface area contributed by atoms with Gasteiger partial charge in [-0.15, -0.1) is 11.3 Å². The van der Waals surface area contributed by atoms with Crippen LogP contribution in [0.1, 0.15) is 34.2 Å². The lowest BCUT2D eigenvalue weighted by molar-refractivity contribution is 0.709. The minimum Gasteiger partial charge on any atom is -0.257 e. The van der Waals surface area contributed by atoms with Gasteiger partial charge in [-0.2, -0.15) is 10.4 Å². The van der Waals surface area contributed by atoms with E-state index in [4.69, 9.17) is 5.10 Å². The van der Waals surface area contributed by atoms with Gasteiger partial charge in [0.1, 0.15) is 11.1 Å². The molecule has 1 aromatic heterocycles. The van der Waals surface area contributed by atoms with Gasteiger partial charge < -0.3 is 0 Å². The zero-order valence-corrected chi connectivity index (χ0v) is 20.3. The molecule has 4 nitrogen and oxygen atoms in total. The lowest BCUT2D eigenvalue weighted by atomic mass is 9.98. The molecule has 5 aromatic rings. The van der Waals surface area contributed by atoms with Gasteiger partial charge in [0.15, 0.2) is 0 Å². The molecule has 1 atom stereocenters. The maximum atomic E-state index is 9.81. The number of nitrogens with zero attached hydrogens (tertiary/aromatic N) is 4. The predicted octanol–water partition coefficient (Wildman–Crippen LogP) is 7.72. The van der Waals surface area contributed by atoms with E-state index in [9.17, 15) is 5.26 Å². The van der Waals surface area contributed by atoms with Crippen molar-refractivity contribution in [2.75, 3.05) is 5.01 Å². The van der Waals surface area contributed by atoms with Gasteiger partial charge in [0, 0.05) is 6.42 Å². The number of allylic oxidation sites excluding steroid dienone is 1. The summed E-state index contributed by atoms with van der Waals surface area (Å²) in [5.74, 6) is 0. The van der Waals surface area contributed by atoms with Crippen LogP contribution in [0, 0.1) is 11.3 Å². The van der Waals surface area contributed by atoms with Crippen LogP contribution in [0.2, 0.25) is 0 Å². The summed E-state index contributed by atoms with van der Waals surface area (Å²) in [7, 11) is 0. The Balaban J connectivity index is 1.32. The van der Waals surface area contributed by atoms with Gasteiger partial charge in [-0.1, -0.05) is 84.9 Å². The van der Waals surface area contributed by atoms with Crippen molar-refractivity contribution >= 4 is 44.6 Å². The summed E-state index contributed by atoms with van der Waals surface area (Å²) in [5.41, 5.74) is 6.92. The van der Waals surface area contributed by atoms with Crippen molar-refractivity contribution in [2.45, 2.75) is 12.5 Å². The maximum absolute atomic E-state index is 9.81. The average Bonchev–Trinajstić information content (AvgIpc) is 3.58. The Labute approximate surface area is 214 Å². The second-order valence-electron chi connectivity index (χ2n) is 8.64. The summed E-state index contributed by atoms with van der Waals surface area (Å²) in [6, 6.07) is 39.5. The molecule has 36 heavy (non-hydrogen) atoms. The Bertz CT molecular complexity index is 1580. The van der Waals surface area contributed by atoms with Gasteiger partial charge in [0.05, 0.1) is 33.2 Å². The van der Waals surface area contributed by atoms with Gasteiger partial charge in [-0.3, -0.25) is 5.01 Å². The second kappa shape index (κ2) is 9.61. The highest BCUT2D eigenvalue weighted by atomic mass is 32.1. The lowest BCUT2D eigenvalue weighted by Gasteiger charge is -2.24. The van der Waals surface area contributed by atoms with E-state index in [0.717, 1.165) is 44.2 Å². The zero-order valence-electron chi connectivity index (χ0n) is 19.5. The highest BCUT2D eigenvalue weighted by molar-refractivity contribution is 7.19. The molecular formula is C31H22N4S. The summed E-state index contributed by atoms with van der Waals surface area (Å²) in [5, 5.41) is 17.7. The number of hydrogen-bond acceptors (Lipinski definition) is 5. The van der Waals surface area contributed by atoms with Crippen LogP contribution in [0.25, 0.3) is 21.9 Å². The van der Waals surface area contributed by atoms with E-state index in [-0.39, 0.29) is 6.04 Å². The van der Waals surface area contributed by atoms with Gasteiger partial charge in [-0.25, -0.2) is 4.98 Å². The second-order valence-corrected chi connectivity index (χ2v) is 9.67. The Morgan fingerprint density at radius 3 is 2.28 bits per heavy atom. The third-order valence-electron chi connectivity index (χ3n) is 6.32. The molecule has 0 spiro atoms. The highest BCUT2D eigenvalue weighted by Gasteiger charge is 2.29.